The van der Waals surface area contributed by atoms with E-state index in [-0.39, 0.29) is 5.54 Å². The topological polar surface area (TPSA) is 63.1 Å². The summed E-state index contributed by atoms with van der Waals surface area (Å²) in [5.74, 6) is 0. The Morgan fingerprint density at radius 2 is 2.31 bits per heavy atom. The first-order valence-electron chi connectivity index (χ1n) is 5.28. The van der Waals surface area contributed by atoms with Gasteiger partial charge in [0.25, 0.3) is 0 Å². The van der Waals surface area contributed by atoms with E-state index < -0.39 is 10.0 Å². The summed E-state index contributed by atoms with van der Waals surface area (Å²) in [4.78, 5) is 0.322. The fraction of sp³-hybridized carbons (Fsp3) is 0.600. The highest BCUT2D eigenvalue weighted by Crippen LogP contribution is 2.18. The smallest absolute Gasteiger partial charge is 0.242 e. The lowest BCUT2D eigenvalue weighted by Crippen LogP contribution is -2.47. The average Bonchev–Trinajstić information content (AvgIpc) is 2.74. The van der Waals surface area contributed by atoms with Crippen molar-refractivity contribution in [2.24, 2.45) is 7.05 Å². The van der Waals surface area contributed by atoms with Crippen molar-refractivity contribution in [3.63, 3.8) is 0 Å². The second kappa shape index (κ2) is 3.87. The summed E-state index contributed by atoms with van der Waals surface area (Å²) < 4.78 is 28.6. The number of nitrogens with zero attached hydrogens (tertiary/aromatic N) is 1. The van der Waals surface area contributed by atoms with Crippen molar-refractivity contribution in [1.82, 2.24) is 14.6 Å². The molecular formula is C10H17N3O2S. The molecule has 0 spiro atoms. The zero-order valence-electron chi connectivity index (χ0n) is 9.53. The molecule has 1 aliphatic heterocycles. The molecule has 1 aliphatic rings. The maximum Gasteiger partial charge on any atom is 0.242 e. The molecule has 90 valence electrons. The molecule has 5 nitrogen and oxygen atoms in total. The molecule has 0 bridgehead atoms. The molecule has 1 aromatic heterocycles. The normalized spacial score (nSPS) is 26.1. The van der Waals surface area contributed by atoms with E-state index in [0.29, 0.717) is 11.4 Å². The molecule has 2 heterocycles. The highest BCUT2D eigenvalue weighted by molar-refractivity contribution is 7.89. The van der Waals surface area contributed by atoms with Crippen LogP contribution in [-0.2, 0) is 17.1 Å². The number of aromatic nitrogens is 1. The first-order chi connectivity index (χ1) is 7.41. The summed E-state index contributed by atoms with van der Waals surface area (Å²) in [5.41, 5.74) is -0.366. The van der Waals surface area contributed by atoms with E-state index >= 15 is 0 Å². The molecule has 6 heteroatoms. The summed E-state index contributed by atoms with van der Waals surface area (Å²) in [6.07, 6.45) is 4.15. The Balaban J connectivity index is 2.20. The number of sulfonamides is 1. The van der Waals surface area contributed by atoms with E-state index in [1.54, 1.807) is 30.1 Å². The van der Waals surface area contributed by atoms with Gasteiger partial charge in [-0.2, -0.15) is 0 Å². The van der Waals surface area contributed by atoms with Crippen LogP contribution in [0.25, 0.3) is 0 Å². The van der Waals surface area contributed by atoms with Crippen LogP contribution in [0.5, 0.6) is 0 Å². The van der Waals surface area contributed by atoms with Gasteiger partial charge in [0.1, 0.15) is 0 Å². The number of aryl methyl sites for hydroxylation is 1. The molecule has 0 saturated carbocycles. The predicted octanol–water partition coefficient (Wildman–Crippen LogP) is 0.0554. The van der Waals surface area contributed by atoms with Crippen molar-refractivity contribution >= 4 is 10.0 Å². The third-order valence-corrected chi connectivity index (χ3v) is 4.49. The Morgan fingerprint density at radius 3 is 2.81 bits per heavy atom. The molecule has 0 aliphatic carbocycles. The summed E-state index contributed by atoms with van der Waals surface area (Å²) in [5, 5.41) is 3.16. The average molecular weight is 243 g/mol. The minimum absolute atomic E-state index is 0.322. The van der Waals surface area contributed by atoms with Crippen LogP contribution in [0, 0.1) is 0 Å². The standard InChI is InChI=1S/C10H17N3O2S/c1-10(4-5-11-8-10)12-16(14,15)9-3-6-13(2)7-9/h3,6-7,11-12H,4-5,8H2,1-2H3. The van der Waals surface area contributed by atoms with Crippen LogP contribution in [0.3, 0.4) is 0 Å². The second-order valence-electron chi connectivity index (χ2n) is 4.61. The van der Waals surface area contributed by atoms with Crippen LogP contribution < -0.4 is 10.0 Å². The lowest BCUT2D eigenvalue weighted by atomic mass is 10.0. The largest absolute Gasteiger partial charge is 0.356 e. The first kappa shape index (κ1) is 11.6. The van der Waals surface area contributed by atoms with E-state index in [0.717, 1.165) is 13.0 Å². The van der Waals surface area contributed by atoms with Gasteiger partial charge >= 0.3 is 0 Å². The van der Waals surface area contributed by atoms with Crippen LogP contribution in [-0.4, -0.2) is 31.6 Å². The third kappa shape index (κ3) is 2.28. The molecule has 2 N–H and O–H groups in total. The van der Waals surface area contributed by atoms with E-state index in [9.17, 15) is 8.42 Å². The van der Waals surface area contributed by atoms with Crippen LogP contribution in [0.1, 0.15) is 13.3 Å². The minimum Gasteiger partial charge on any atom is -0.356 e. The molecule has 2 rings (SSSR count). The molecular weight excluding hydrogens is 226 g/mol. The summed E-state index contributed by atoms with van der Waals surface area (Å²) in [6.45, 7) is 3.46. The van der Waals surface area contributed by atoms with E-state index in [1.807, 2.05) is 6.92 Å². The molecule has 0 aromatic carbocycles. The van der Waals surface area contributed by atoms with Gasteiger partial charge in [0.05, 0.1) is 4.90 Å². The number of hydrogen-bond donors (Lipinski definition) is 2. The zero-order valence-corrected chi connectivity index (χ0v) is 10.3. The Bertz CT molecular complexity index is 472. The summed E-state index contributed by atoms with van der Waals surface area (Å²) in [6, 6.07) is 1.61. The molecule has 0 amide bonds. The van der Waals surface area contributed by atoms with Gasteiger partial charge in [0.15, 0.2) is 0 Å². The highest BCUT2D eigenvalue weighted by Gasteiger charge is 2.33. The predicted molar refractivity (Wildman–Crippen MR) is 61.6 cm³/mol. The van der Waals surface area contributed by atoms with Crippen molar-refractivity contribution in [3.05, 3.63) is 18.5 Å². The van der Waals surface area contributed by atoms with Gasteiger partial charge < -0.3 is 9.88 Å². The monoisotopic (exact) mass is 243 g/mol. The molecule has 1 saturated heterocycles. The zero-order chi connectivity index (χ0) is 11.8. The fourth-order valence-electron chi connectivity index (χ4n) is 1.92. The number of nitrogens with one attached hydrogen (secondary N) is 2. The van der Waals surface area contributed by atoms with Gasteiger partial charge in [0.2, 0.25) is 10.0 Å². The van der Waals surface area contributed by atoms with Gasteiger partial charge in [-0.3, -0.25) is 0 Å². The Labute approximate surface area is 95.9 Å². The van der Waals surface area contributed by atoms with Gasteiger partial charge in [-0.05, 0) is 26.0 Å². The Hall–Kier alpha value is -0.850. The van der Waals surface area contributed by atoms with E-state index in [1.165, 1.54) is 0 Å². The van der Waals surface area contributed by atoms with Crippen LogP contribution in [0.4, 0.5) is 0 Å². The second-order valence-corrected chi connectivity index (χ2v) is 6.29. The maximum absolute atomic E-state index is 12.1. The molecule has 1 aromatic rings. The molecule has 16 heavy (non-hydrogen) atoms. The number of hydrogen-bond acceptors (Lipinski definition) is 3. The van der Waals surface area contributed by atoms with Gasteiger partial charge in [-0.1, -0.05) is 0 Å². The molecule has 0 radical (unpaired) electrons. The van der Waals surface area contributed by atoms with Crippen LogP contribution >= 0.6 is 0 Å². The van der Waals surface area contributed by atoms with Crippen molar-refractivity contribution in [2.75, 3.05) is 13.1 Å². The highest BCUT2D eigenvalue weighted by atomic mass is 32.2. The maximum atomic E-state index is 12.1. The van der Waals surface area contributed by atoms with E-state index in [4.69, 9.17) is 0 Å². The van der Waals surface area contributed by atoms with Gasteiger partial charge in [0, 0.05) is 31.5 Å². The van der Waals surface area contributed by atoms with Crippen molar-refractivity contribution in [3.8, 4) is 0 Å². The quantitative estimate of drug-likeness (QED) is 0.789. The van der Waals surface area contributed by atoms with Crippen LogP contribution in [0.15, 0.2) is 23.4 Å². The summed E-state index contributed by atoms with van der Waals surface area (Å²) >= 11 is 0. The van der Waals surface area contributed by atoms with E-state index in [2.05, 4.69) is 10.0 Å². The lowest BCUT2D eigenvalue weighted by molar-refractivity contribution is 0.452. The Morgan fingerprint density at radius 1 is 1.56 bits per heavy atom. The molecule has 1 atom stereocenters. The van der Waals surface area contributed by atoms with Crippen LogP contribution in [0.2, 0.25) is 0 Å². The molecule has 1 fully saturated rings. The minimum atomic E-state index is -3.39. The van der Waals surface area contributed by atoms with Gasteiger partial charge in [-0.15, -0.1) is 0 Å². The van der Waals surface area contributed by atoms with Gasteiger partial charge in [-0.25, -0.2) is 13.1 Å². The fourth-order valence-corrected chi connectivity index (χ4v) is 3.41. The first-order valence-corrected chi connectivity index (χ1v) is 6.76. The lowest BCUT2D eigenvalue weighted by Gasteiger charge is -2.23. The third-order valence-electron chi connectivity index (χ3n) is 2.86. The van der Waals surface area contributed by atoms with Crippen molar-refractivity contribution in [1.29, 1.82) is 0 Å². The number of rotatable bonds is 3. The molecule has 1 unspecified atom stereocenters. The summed E-state index contributed by atoms with van der Waals surface area (Å²) in [7, 11) is -1.59. The van der Waals surface area contributed by atoms with Crippen molar-refractivity contribution in [2.45, 2.75) is 23.8 Å². The van der Waals surface area contributed by atoms with Crippen molar-refractivity contribution < 1.29 is 8.42 Å². The SMILES string of the molecule is Cn1ccc(S(=O)(=O)NC2(C)CCNC2)c1. The Kier molecular flexibility index (Phi) is 2.81.